The van der Waals surface area contributed by atoms with E-state index in [1.807, 2.05) is 44.2 Å². The first-order chi connectivity index (χ1) is 8.49. The van der Waals surface area contributed by atoms with E-state index in [-0.39, 0.29) is 5.91 Å². The topological polar surface area (TPSA) is 67.2 Å². The van der Waals surface area contributed by atoms with Gasteiger partial charge in [0, 0.05) is 5.69 Å². The van der Waals surface area contributed by atoms with Crippen molar-refractivity contribution in [3.8, 4) is 0 Å². The van der Waals surface area contributed by atoms with Gasteiger partial charge in [0.15, 0.2) is 5.11 Å². The van der Waals surface area contributed by atoms with E-state index in [9.17, 15) is 4.79 Å². The third-order valence-electron chi connectivity index (χ3n) is 2.39. The second kappa shape index (κ2) is 6.96. The fraction of sp³-hybridized carbons (Fsp3) is 0.385. The van der Waals surface area contributed by atoms with Gasteiger partial charge in [0.25, 0.3) is 0 Å². The summed E-state index contributed by atoms with van der Waals surface area (Å²) >= 11 is 5.15. The number of thiocarbonyl (C=S) groups is 1. The average molecular weight is 265 g/mol. The van der Waals surface area contributed by atoms with Gasteiger partial charge in [-0.15, -0.1) is 0 Å². The fourth-order valence-electron chi connectivity index (χ4n) is 1.56. The Morgan fingerprint density at radius 1 is 1.33 bits per heavy atom. The summed E-state index contributed by atoms with van der Waals surface area (Å²) in [5.74, 6) is -0.0181. The van der Waals surface area contributed by atoms with Crippen LogP contribution in [0, 0.1) is 5.92 Å². The Bertz CT molecular complexity index is 406. The number of hydrogen-bond acceptors (Lipinski definition) is 2. The molecule has 0 aliphatic heterocycles. The molecule has 0 fully saturated rings. The highest BCUT2D eigenvalue weighted by Crippen LogP contribution is 2.07. The van der Waals surface area contributed by atoms with E-state index in [1.165, 1.54) is 0 Å². The van der Waals surface area contributed by atoms with Crippen molar-refractivity contribution < 1.29 is 4.79 Å². The van der Waals surface area contributed by atoms with Crippen LogP contribution in [0.1, 0.15) is 20.3 Å². The van der Waals surface area contributed by atoms with Crippen LogP contribution in [0.4, 0.5) is 5.69 Å². The molecule has 98 valence electrons. The van der Waals surface area contributed by atoms with Crippen LogP contribution in [-0.2, 0) is 4.79 Å². The number of hydrogen-bond donors (Lipinski definition) is 3. The Labute approximate surface area is 113 Å². The summed E-state index contributed by atoms with van der Waals surface area (Å²) in [5.41, 5.74) is 6.22. The molecule has 1 aromatic rings. The number of benzene rings is 1. The van der Waals surface area contributed by atoms with Crippen LogP contribution >= 0.6 is 12.2 Å². The first-order valence-corrected chi connectivity index (χ1v) is 6.31. The van der Waals surface area contributed by atoms with Gasteiger partial charge < -0.3 is 16.4 Å². The van der Waals surface area contributed by atoms with Crippen molar-refractivity contribution in [3.63, 3.8) is 0 Å². The molecule has 1 rings (SSSR count). The Balaban J connectivity index is 2.54. The van der Waals surface area contributed by atoms with Gasteiger partial charge in [0.1, 0.15) is 6.04 Å². The van der Waals surface area contributed by atoms with Crippen LogP contribution in [-0.4, -0.2) is 17.1 Å². The van der Waals surface area contributed by atoms with Crippen LogP contribution in [0.25, 0.3) is 0 Å². The second-order valence-electron chi connectivity index (χ2n) is 4.55. The molecule has 1 atom stereocenters. The minimum absolute atomic E-state index is 0.370. The van der Waals surface area contributed by atoms with Gasteiger partial charge in [-0.25, -0.2) is 0 Å². The van der Waals surface area contributed by atoms with Gasteiger partial charge in [-0.2, -0.15) is 0 Å². The maximum atomic E-state index is 11.3. The lowest BCUT2D eigenvalue weighted by molar-refractivity contribution is -0.120. The molecule has 1 unspecified atom stereocenters. The molecule has 0 aliphatic rings. The van der Waals surface area contributed by atoms with Crippen LogP contribution in [0.15, 0.2) is 30.3 Å². The number of primary amides is 1. The molecule has 0 bridgehead atoms. The summed E-state index contributed by atoms with van der Waals surface area (Å²) in [6, 6.07) is 9.10. The minimum atomic E-state index is -0.436. The highest BCUT2D eigenvalue weighted by molar-refractivity contribution is 7.80. The zero-order chi connectivity index (χ0) is 13.5. The van der Waals surface area contributed by atoms with Crippen molar-refractivity contribution in [2.75, 3.05) is 5.32 Å². The van der Waals surface area contributed by atoms with Crippen molar-refractivity contribution in [1.82, 2.24) is 5.32 Å². The molecule has 0 saturated carbocycles. The van der Waals surface area contributed by atoms with Gasteiger partial charge in [-0.05, 0) is 36.7 Å². The molecule has 1 amide bonds. The van der Waals surface area contributed by atoms with E-state index in [1.54, 1.807) is 0 Å². The lowest BCUT2D eigenvalue weighted by atomic mass is 10.0. The van der Waals surface area contributed by atoms with Crippen LogP contribution in [0.2, 0.25) is 0 Å². The van der Waals surface area contributed by atoms with E-state index in [0.29, 0.717) is 17.5 Å². The zero-order valence-corrected chi connectivity index (χ0v) is 11.5. The predicted molar refractivity (Wildman–Crippen MR) is 78.2 cm³/mol. The van der Waals surface area contributed by atoms with E-state index in [0.717, 1.165) is 5.69 Å². The number of rotatable bonds is 5. The lowest BCUT2D eigenvalue weighted by Crippen LogP contribution is -2.46. The number of carbonyl (C=O) groups is 1. The molecule has 0 saturated heterocycles. The third kappa shape index (κ3) is 5.14. The predicted octanol–water partition coefficient (Wildman–Crippen LogP) is 1.87. The number of nitrogens with one attached hydrogen (secondary N) is 2. The summed E-state index contributed by atoms with van der Waals surface area (Å²) in [4.78, 5) is 11.3. The summed E-state index contributed by atoms with van der Waals surface area (Å²) in [6.45, 7) is 4.07. The molecule has 0 aliphatic carbocycles. The van der Waals surface area contributed by atoms with Crippen molar-refractivity contribution in [2.45, 2.75) is 26.3 Å². The largest absolute Gasteiger partial charge is 0.368 e. The van der Waals surface area contributed by atoms with E-state index in [4.69, 9.17) is 18.0 Å². The number of anilines is 1. The minimum Gasteiger partial charge on any atom is -0.368 e. The lowest BCUT2D eigenvalue weighted by Gasteiger charge is -2.19. The Morgan fingerprint density at radius 3 is 2.44 bits per heavy atom. The normalized spacial score (nSPS) is 11.9. The van der Waals surface area contributed by atoms with Crippen molar-refractivity contribution in [1.29, 1.82) is 0 Å². The molecular weight excluding hydrogens is 246 g/mol. The van der Waals surface area contributed by atoms with E-state index in [2.05, 4.69) is 10.6 Å². The highest BCUT2D eigenvalue weighted by Gasteiger charge is 2.17. The van der Waals surface area contributed by atoms with Gasteiger partial charge in [0.05, 0.1) is 0 Å². The summed E-state index contributed by atoms with van der Waals surface area (Å²) in [5, 5.41) is 6.36. The standard InChI is InChI=1S/C13H19N3OS/c1-9(2)8-11(12(14)17)16-13(18)15-10-6-4-3-5-7-10/h3-7,9,11H,8H2,1-2H3,(H2,14,17)(H2,15,16,18). The van der Waals surface area contributed by atoms with Gasteiger partial charge in [-0.1, -0.05) is 32.0 Å². The van der Waals surface area contributed by atoms with Crippen molar-refractivity contribution in [3.05, 3.63) is 30.3 Å². The number of carbonyl (C=O) groups excluding carboxylic acids is 1. The van der Waals surface area contributed by atoms with Gasteiger partial charge in [-0.3, -0.25) is 4.79 Å². The molecule has 1 aromatic carbocycles. The Kier molecular flexibility index (Phi) is 5.58. The molecule has 4 N–H and O–H groups in total. The molecule has 18 heavy (non-hydrogen) atoms. The van der Waals surface area contributed by atoms with Crippen molar-refractivity contribution >= 4 is 28.9 Å². The molecular formula is C13H19N3OS. The zero-order valence-electron chi connectivity index (χ0n) is 10.6. The molecule has 0 aromatic heterocycles. The molecule has 4 nitrogen and oxygen atoms in total. The second-order valence-corrected chi connectivity index (χ2v) is 4.96. The first-order valence-electron chi connectivity index (χ1n) is 5.91. The number of amides is 1. The van der Waals surface area contributed by atoms with E-state index >= 15 is 0 Å². The highest BCUT2D eigenvalue weighted by atomic mass is 32.1. The summed E-state index contributed by atoms with van der Waals surface area (Å²) in [6.07, 6.45) is 0.659. The molecule has 0 spiro atoms. The molecule has 0 heterocycles. The number of nitrogens with two attached hydrogens (primary N) is 1. The van der Waals surface area contributed by atoms with Crippen LogP contribution < -0.4 is 16.4 Å². The van der Waals surface area contributed by atoms with Gasteiger partial charge >= 0.3 is 0 Å². The SMILES string of the molecule is CC(C)CC(NC(=S)Nc1ccccc1)C(N)=O. The quantitative estimate of drug-likeness (QED) is 0.711. The third-order valence-corrected chi connectivity index (χ3v) is 2.61. The molecule has 0 radical (unpaired) electrons. The first kappa shape index (κ1) is 14.4. The van der Waals surface area contributed by atoms with Crippen molar-refractivity contribution in [2.24, 2.45) is 11.7 Å². The maximum Gasteiger partial charge on any atom is 0.239 e. The number of para-hydroxylation sites is 1. The van der Waals surface area contributed by atoms with Gasteiger partial charge in [0.2, 0.25) is 5.91 Å². The Morgan fingerprint density at radius 2 is 1.94 bits per heavy atom. The van der Waals surface area contributed by atoms with Crippen LogP contribution in [0.3, 0.4) is 0 Å². The Hall–Kier alpha value is -1.62. The monoisotopic (exact) mass is 265 g/mol. The van der Waals surface area contributed by atoms with Crippen LogP contribution in [0.5, 0.6) is 0 Å². The molecule has 5 heteroatoms. The summed E-state index contributed by atoms with van der Waals surface area (Å²) in [7, 11) is 0. The smallest absolute Gasteiger partial charge is 0.239 e. The fourth-order valence-corrected chi connectivity index (χ4v) is 1.82. The maximum absolute atomic E-state index is 11.3. The van der Waals surface area contributed by atoms with E-state index < -0.39 is 6.04 Å². The average Bonchev–Trinajstić information content (AvgIpc) is 2.28. The summed E-state index contributed by atoms with van der Waals surface area (Å²) < 4.78 is 0.